The molecule has 1 rings (SSSR count). The summed E-state index contributed by atoms with van der Waals surface area (Å²) < 4.78 is 0. The Hall–Kier alpha value is -0.560. The first-order chi connectivity index (χ1) is 6.29. The van der Waals surface area contributed by atoms with Crippen molar-refractivity contribution in [3.8, 4) is 0 Å². The van der Waals surface area contributed by atoms with Crippen LogP contribution in [-0.4, -0.2) is 5.24 Å². The molecule has 1 fully saturated rings. The van der Waals surface area contributed by atoms with Crippen molar-refractivity contribution in [1.82, 2.24) is 0 Å². The van der Waals surface area contributed by atoms with Gasteiger partial charge in [0.25, 0.3) is 0 Å². The number of rotatable bonds is 3. The van der Waals surface area contributed by atoms with Crippen molar-refractivity contribution >= 4 is 16.8 Å². The molecule has 0 bridgehead atoms. The van der Waals surface area contributed by atoms with Crippen LogP contribution in [0.1, 0.15) is 32.1 Å². The molecule has 0 radical (unpaired) electrons. The summed E-state index contributed by atoms with van der Waals surface area (Å²) in [6.45, 7) is 0. The minimum atomic E-state index is -0.409. The highest BCUT2D eigenvalue weighted by molar-refractivity contribution is 6.66. The van der Waals surface area contributed by atoms with E-state index in [-0.39, 0.29) is 0 Å². The SMILES string of the molecule is O=C(Cl)/C=C/C=C/C1CCCCC1. The third-order valence-corrected chi connectivity index (χ3v) is 2.50. The lowest BCUT2D eigenvalue weighted by Gasteiger charge is -2.17. The van der Waals surface area contributed by atoms with E-state index >= 15 is 0 Å². The maximum absolute atomic E-state index is 10.3. The maximum Gasteiger partial charge on any atom is 0.245 e. The monoisotopic (exact) mass is 198 g/mol. The Morgan fingerprint density at radius 3 is 2.46 bits per heavy atom. The zero-order valence-electron chi connectivity index (χ0n) is 7.71. The van der Waals surface area contributed by atoms with Gasteiger partial charge in [0.05, 0.1) is 0 Å². The third kappa shape index (κ3) is 4.89. The number of carbonyl (C=O) groups excluding carboxylic acids is 1. The molecule has 0 aromatic heterocycles. The van der Waals surface area contributed by atoms with Crippen molar-refractivity contribution in [2.24, 2.45) is 5.92 Å². The van der Waals surface area contributed by atoms with Crippen molar-refractivity contribution < 1.29 is 4.79 Å². The van der Waals surface area contributed by atoms with Crippen LogP contribution < -0.4 is 0 Å². The molecule has 0 aliphatic heterocycles. The molecule has 0 aromatic rings. The van der Waals surface area contributed by atoms with E-state index in [0.717, 1.165) is 0 Å². The number of hydrogen-bond donors (Lipinski definition) is 0. The molecular weight excluding hydrogens is 184 g/mol. The Kier molecular flexibility index (Phi) is 4.84. The molecule has 0 saturated heterocycles. The Balaban J connectivity index is 2.25. The van der Waals surface area contributed by atoms with Crippen LogP contribution in [0.3, 0.4) is 0 Å². The Bertz CT molecular complexity index is 212. The summed E-state index contributed by atoms with van der Waals surface area (Å²) in [5.74, 6) is 0.712. The van der Waals surface area contributed by atoms with Gasteiger partial charge in [-0.25, -0.2) is 0 Å². The average molecular weight is 199 g/mol. The lowest BCUT2D eigenvalue weighted by atomic mass is 9.89. The van der Waals surface area contributed by atoms with E-state index in [1.807, 2.05) is 6.08 Å². The van der Waals surface area contributed by atoms with Gasteiger partial charge in [-0.3, -0.25) is 4.79 Å². The third-order valence-electron chi connectivity index (χ3n) is 2.37. The van der Waals surface area contributed by atoms with E-state index in [4.69, 9.17) is 11.6 Å². The van der Waals surface area contributed by atoms with Crippen molar-refractivity contribution in [1.29, 1.82) is 0 Å². The Morgan fingerprint density at radius 1 is 1.15 bits per heavy atom. The molecule has 0 heterocycles. The van der Waals surface area contributed by atoms with Crippen LogP contribution in [0.15, 0.2) is 24.3 Å². The maximum atomic E-state index is 10.3. The van der Waals surface area contributed by atoms with Crippen LogP contribution >= 0.6 is 11.6 Å². The van der Waals surface area contributed by atoms with Crippen molar-refractivity contribution in [2.45, 2.75) is 32.1 Å². The summed E-state index contributed by atoms with van der Waals surface area (Å²) in [6, 6.07) is 0. The zero-order valence-corrected chi connectivity index (χ0v) is 8.46. The molecule has 1 nitrogen and oxygen atoms in total. The highest BCUT2D eigenvalue weighted by atomic mass is 35.5. The van der Waals surface area contributed by atoms with Gasteiger partial charge in [0.15, 0.2) is 0 Å². The fourth-order valence-corrected chi connectivity index (χ4v) is 1.75. The van der Waals surface area contributed by atoms with Gasteiger partial charge >= 0.3 is 0 Å². The molecule has 0 spiro atoms. The predicted molar refractivity (Wildman–Crippen MR) is 55.7 cm³/mol. The summed E-state index contributed by atoms with van der Waals surface area (Å²) >= 11 is 5.14. The number of hydrogen-bond acceptors (Lipinski definition) is 1. The summed E-state index contributed by atoms with van der Waals surface area (Å²) in [5.41, 5.74) is 0. The predicted octanol–water partition coefficient (Wildman–Crippen LogP) is 3.44. The molecule has 13 heavy (non-hydrogen) atoms. The largest absolute Gasteiger partial charge is 0.276 e. The van der Waals surface area contributed by atoms with Gasteiger partial charge in [-0.05, 0) is 36.4 Å². The van der Waals surface area contributed by atoms with Crippen LogP contribution in [0, 0.1) is 5.92 Å². The molecule has 72 valence electrons. The molecule has 0 unspecified atom stereocenters. The second-order valence-corrected chi connectivity index (χ2v) is 3.82. The fraction of sp³-hybridized carbons (Fsp3) is 0.545. The normalized spacial score (nSPS) is 20.1. The first-order valence-electron chi connectivity index (χ1n) is 4.83. The van der Waals surface area contributed by atoms with Crippen LogP contribution in [0.4, 0.5) is 0 Å². The fourth-order valence-electron chi connectivity index (χ4n) is 1.68. The van der Waals surface area contributed by atoms with Crippen molar-refractivity contribution in [3.05, 3.63) is 24.3 Å². The van der Waals surface area contributed by atoms with E-state index < -0.39 is 5.24 Å². The van der Waals surface area contributed by atoms with Gasteiger partial charge in [-0.15, -0.1) is 0 Å². The molecule has 2 heteroatoms. The van der Waals surface area contributed by atoms with Gasteiger partial charge in [0, 0.05) is 0 Å². The van der Waals surface area contributed by atoms with E-state index in [0.29, 0.717) is 5.92 Å². The van der Waals surface area contributed by atoms with E-state index in [1.165, 1.54) is 38.2 Å². The highest BCUT2D eigenvalue weighted by Crippen LogP contribution is 2.24. The summed E-state index contributed by atoms with van der Waals surface area (Å²) in [5, 5.41) is -0.409. The number of halogens is 1. The van der Waals surface area contributed by atoms with Gasteiger partial charge in [-0.1, -0.05) is 37.5 Å². The van der Waals surface area contributed by atoms with Gasteiger partial charge < -0.3 is 0 Å². The smallest absolute Gasteiger partial charge is 0.245 e. The minimum Gasteiger partial charge on any atom is -0.276 e. The van der Waals surface area contributed by atoms with Crippen LogP contribution in [0.2, 0.25) is 0 Å². The molecular formula is C11H15ClO. The molecule has 0 aromatic carbocycles. The molecule has 0 amide bonds. The van der Waals surface area contributed by atoms with Crippen LogP contribution in [-0.2, 0) is 4.79 Å². The summed E-state index contributed by atoms with van der Waals surface area (Å²) in [7, 11) is 0. The lowest BCUT2D eigenvalue weighted by Crippen LogP contribution is -2.02. The van der Waals surface area contributed by atoms with Crippen molar-refractivity contribution in [3.63, 3.8) is 0 Å². The molecule has 0 atom stereocenters. The quantitative estimate of drug-likeness (QED) is 0.386. The van der Waals surface area contributed by atoms with Gasteiger partial charge in [-0.2, -0.15) is 0 Å². The highest BCUT2D eigenvalue weighted by Gasteiger charge is 2.08. The lowest BCUT2D eigenvalue weighted by molar-refractivity contribution is -0.107. The van der Waals surface area contributed by atoms with Gasteiger partial charge in [0.1, 0.15) is 0 Å². The average Bonchev–Trinajstić information content (AvgIpc) is 2.14. The summed E-state index contributed by atoms with van der Waals surface area (Å²) in [6.07, 6.45) is 13.8. The van der Waals surface area contributed by atoms with E-state index in [9.17, 15) is 4.79 Å². The molecule has 1 saturated carbocycles. The number of carbonyl (C=O) groups is 1. The molecule has 0 N–H and O–H groups in total. The van der Waals surface area contributed by atoms with Crippen LogP contribution in [0.5, 0.6) is 0 Å². The van der Waals surface area contributed by atoms with E-state index in [1.54, 1.807) is 6.08 Å². The first-order valence-corrected chi connectivity index (χ1v) is 5.21. The second kappa shape index (κ2) is 5.98. The molecule has 1 aliphatic rings. The minimum absolute atomic E-state index is 0.409. The molecule has 1 aliphatic carbocycles. The second-order valence-electron chi connectivity index (χ2n) is 3.45. The first kappa shape index (κ1) is 10.5. The zero-order chi connectivity index (χ0) is 9.52. The van der Waals surface area contributed by atoms with Crippen LogP contribution in [0.25, 0.3) is 0 Å². The topological polar surface area (TPSA) is 17.1 Å². The Labute approximate surface area is 84.5 Å². The Morgan fingerprint density at radius 2 is 1.85 bits per heavy atom. The standard InChI is InChI=1S/C11H15ClO/c12-11(13)9-5-4-8-10-6-2-1-3-7-10/h4-5,8-10H,1-3,6-7H2/b8-4+,9-5+. The van der Waals surface area contributed by atoms with E-state index in [2.05, 4.69) is 6.08 Å². The number of allylic oxidation sites excluding steroid dienone is 4. The van der Waals surface area contributed by atoms with Gasteiger partial charge in [0.2, 0.25) is 5.24 Å². The summed E-state index contributed by atoms with van der Waals surface area (Å²) in [4.78, 5) is 10.3. The van der Waals surface area contributed by atoms with Crippen molar-refractivity contribution in [2.75, 3.05) is 0 Å².